The molecule has 2 aromatic rings. The van der Waals surface area contributed by atoms with E-state index in [1.807, 2.05) is 0 Å². The summed E-state index contributed by atoms with van der Waals surface area (Å²) in [5.41, 5.74) is 0.278. The molecule has 0 fully saturated rings. The highest BCUT2D eigenvalue weighted by Gasteiger charge is 2.45. The molecule has 7 nitrogen and oxygen atoms in total. The SMILES string of the molecule is CCOC(=O)C(C(=O)OCC)[C@@H](C(=O)OC(C)(C)C)c1c[nH]c2ccc(Cl)cc12. The van der Waals surface area contributed by atoms with Crippen LogP contribution in [0.25, 0.3) is 10.9 Å². The van der Waals surface area contributed by atoms with Gasteiger partial charge in [-0.15, -0.1) is 0 Å². The van der Waals surface area contributed by atoms with Crippen molar-refractivity contribution in [2.45, 2.75) is 46.1 Å². The quantitative estimate of drug-likeness (QED) is 0.411. The largest absolute Gasteiger partial charge is 0.465 e. The van der Waals surface area contributed by atoms with E-state index in [1.54, 1.807) is 59.0 Å². The molecule has 0 amide bonds. The molecule has 1 aromatic heterocycles. The number of aromatic nitrogens is 1. The summed E-state index contributed by atoms with van der Waals surface area (Å²) >= 11 is 6.13. The van der Waals surface area contributed by atoms with E-state index in [9.17, 15) is 14.4 Å². The van der Waals surface area contributed by atoms with Crippen LogP contribution in [-0.4, -0.2) is 41.7 Å². The number of benzene rings is 1. The standard InChI is InChI=1S/C21H26ClNO6/c1-6-27-18(24)17(19(25)28-7-2)16(20(26)29-21(3,4)5)14-11-23-15-9-8-12(22)10-13(14)15/h8-11,16-17,23H,6-7H2,1-5H3/t16-/m0/s1. The number of aromatic amines is 1. The average molecular weight is 424 g/mol. The Morgan fingerprint density at radius 2 is 1.62 bits per heavy atom. The van der Waals surface area contributed by atoms with E-state index < -0.39 is 35.3 Å². The van der Waals surface area contributed by atoms with E-state index in [1.165, 1.54) is 0 Å². The smallest absolute Gasteiger partial charge is 0.321 e. The predicted molar refractivity (Wildman–Crippen MR) is 109 cm³/mol. The molecule has 0 saturated carbocycles. The third-order valence-electron chi connectivity index (χ3n) is 4.09. The number of fused-ring (bicyclic) bond motifs is 1. The summed E-state index contributed by atoms with van der Waals surface area (Å²) in [6, 6.07) is 5.10. The summed E-state index contributed by atoms with van der Waals surface area (Å²) in [5, 5.41) is 1.05. The van der Waals surface area contributed by atoms with Crippen molar-refractivity contribution in [1.29, 1.82) is 0 Å². The Morgan fingerprint density at radius 1 is 1.03 bits per heavy atom. The summed E-state index contributed by atoms with van der Waals surface area (Å²) in [6.07, 6.45) is 1.57. The van der Waals surface area contributed by atoms with Gasteiger partial charge in [0.1, 0.15) is 11.5 Å². The van der Waals surface area contributed by atoms with E-state index in [4.69, 9.17) is 25.8 Å². The highest BCUT2D eigenvalue weighted by atomic mass is 35.5. The zero-order valence-corrected chi connectivity index (χ0v) is 18.0. The number of hydrogen-bond acceptors (Lipinski definition) is 6. The molecule has 0 aliphatic heterocycles. The second-order valence-corrected chi connectivity index (χ2v) is 7.86. The molecule has 0 saturated heterocycles. The lowest BCUT2D eigenvalue weighted by Crippen LogP contribution is -2.39. The molecule has 158 valence electrons. The predicted octanol–water partition coefficient (Wildman–Crippen LogP) is 3.99. The highest BCUT2D eigenvalue weighted by Crippen LogP contribution is 2.36. The summed E-state index contributed by atoms with van der Waals surface area (Å²) in [6.45, 7) is 8.46. The van der Waals surface area contributed by atoms with Crippen LogP contribution in [0.2, 0.25) is 5.02 Å². The van der Waals surface area contributed by atoms with Crippen molar-refractivity contribution in [3.05, 3.63) is 35.0 Å². The molecule has 0 aliphatic rings. The minimum absolute atomic E-state index is 0.0511. The van der Waals surface area contributed by atoms with Gasteiger partial charge in [-0.1, -0.05) is 11.6 Å². The van der Waals surface area contributed by atoms with Crippen LogP contribution in [0.1, 0.15) is 46.1 Å². The third kappa shape index (κ3) is 5.50. The van der Waals surface area contributed by atoms with E-state index in [2.05, 4.69) is 4.98 Å². The van der Waals surface area contributed by atoms with E-state index in [0.717, 1.165) is 0 Å². The first kappa shape index (κ1) is 22.7. The van der Waals surface area contributed by atoms with Gasteiger partial charge in [0.05, 0.1) is 13.2 Å². The summed E-state index contributed by atoms with van der Waals surface area (Å²) < 4.78 is 15.7. The van der Waals surface area contributed by atoms with Crippen molar-refractivity contribution in [2.75, 3.05) is 13.2 Å². The monoisotopic (exact) mass is 423 g/mol. The van der Waals surface area contributed by atoms with Crippen LogP contribution in [0.3, 0.4) is 0 Å². The summed E-state index contributed by atoms with van der Waals surface area (Å²) in [4.78, 5) is 41.6. The van der Waals surface area contributed by atoms with Gasteiger partial charge in [-0.2, -0.15) is 0 Å². The zero-order valence-electron chi connectivity index (χ0n) is 17.2. The molecule has 0 spiro atoms. The first-order chi connectivity index (χ1) is 13.6. The van der Waals surface area contributed by atoms with Crippen molar-refractivity contribution in [1.82, 2.24) is 4.98 Å². The molecule has 1 N–H and O–H groups in total. The second-order valence-electron chi connectivity index (χ2n) is 7.43. The van der Waals surface area contributed by atoms with Crippen LogP contribution in [0.4, 0.5) is 0 Å². The number of esters is 3. The zero-order chi connectivity index (χ0) is 21.8. The van der Waals surface area contributed by atoms with Gasteiger partial charge in [0.15, 0.2) is 5.92 Å². The molecule has 1 heterocycles. The lowest BCUT2D eigenvalue weighted by molar-refractivity contribution is -0.172. The first-order valence-electron chi connectivity index (χ1n) is 9.41. The van der Waals surface area contributed by atoms with Crippen LogP contribution in [0.5, 0.6) is 0 Å². The van der Waals surface area contributed by atoms with Gasteiger partial charge in [0.25, 0.3) is 0 Å². The topological polar surface area (TPSA) is 94.7 Å². The van der Waals surface area contributed by atoms with Crippen LogP contribution < -0.4 is 0 Å². The van der Waals surface area contributed by atoms with Gasteiger partial charge in [0.2, 0.25) is 0 Å². The molecule has 1 aromatic carbocycles. The number of halogens is 1. The molecule has 29 heavy (non-hydrogen) atoms. The van der Waals surface area contributed by atoms with Crippen LogP contribution >= 0.6 is 11.6 Å². The Bertz CT molecular complexity index is 880. The minimum atomic E-state index is -1.51. The normalized spacial score (nSPS) is 12.7. The molecule has 0 aliphatic carbocycles. The van der Waals surface area contributed by atoms with Gasteiger partial charge in [0, 0.05) is 22.1 Å². The number of nitrogens with one attached hydrogen (secondary N) is 1. The van der Waals surface area contributed by atoms with Crippen molar-refractivity contribution < 1.29 is 28.6 Å². The lowest BCUT2D eigenvalue weighted by Gasteiger charge is -2.27. The van der Waals surface area contributed by atoms with Crippen LogP contribution in [-0.2, 0) is 28.6 Å². The summed E-state index contributed by atoms with van der Waals surface area (Å²) in [7, 11) is 0. The molecule has 2 rings (SSSR count). The van der Waals surface area contributed by atoms with Crippen molar-refractivity contribution in [3.63, 3.8) is 0 Å². The fraction of sp³-hybridized carbons (Fsp3) is 0.476. The fourth-order valence-electron chi connectivity index (χ4n) is 3.01. The van der Waals surface area contributed by atoms with Crippen molar-refractivity contribution in [2.24, 2.45) is 5.92 Å². The van der Waals surface area contributed by atoms with Crippen molar-refractivity contribution >= 4 is 40.4 Å². The van der Waals surface area contributed by atoms with Gasteiger partial charge in [-0.25, -0.2) is 0 Å². The summed E-state index contributed by atoms with van der Waals surface area (Å²) in [5.74, 6) is -5.21. The fourth-order valence-corrected chi connectivity index (χ4v) is 3.18. The maximum Gasteiger partial charge on any atom is 0.321 e. The molecule has 0 radical (unpaired) electrons. The number of hydrogen-bond donors (Lipinski definition) is 1. The first-order valence-corrected chi connectivity index (χ1v) is 9.79. The van der Waals surface area contributed by atoms with E-state index >= 15 is 0 Å². The van der Waals surface area contributed by atoms with E-state index in [0.29, 0.717) is 21.5 Å². The number of H-pyrrole nitrogens is 1. The number of rotatable bonds is 7. The number of carbonyl (C=O) groups excluding carboxylic acids is 3. The second kappa shape index (κ2) is 9.31. The Labute approximate surface area is 174 Å². The van der Waals surface area contributed by atoms with E-state index in [-0.39, 0.29) is 13.2 Å². The maximum atomic E-state index is 13.2. The minimum Gasteiger partial charge on any atom is -0.465 e. The molecule has 0 bridgehead atoms. The lowest BCUT2D eigenvalue weighted by atomic mass is 9.85. The molecule has 0 unspecified atom stereocenters. The van der Waals surface area contributed by atoms with Gasteiger partial charge in [-0.3, -0.25) is 14.4 Å². The number of ether oxygens (including phenoxy) is 3. The Hall–Kier alpha value is -2.54. The third-order valence-corrected chi connectivity index (χ3v) is 4.32. The van der Waals surface area contributed by atoms with Crippen LogP contribution in [0.15, 0.2) is 24.4 Å². The van der Waals surface area contributed by atoms with Gasteiger partial charge in [-0.05, 0) is 58.4 Å². The molecule has 8 heteroatoms. The molecule has 1 atom stereocenters. The van der Waals surface area contributed by atoms with Crippen molar-refractivity contribution in [3.8, 4) is 0 Å². The van der Waals surface area contributed by atoms with Crippen LogP contribution in [0, 0.1) is 5.92 Å². The Kier molecular flexibility index (Phi) is 7.30. The maximum absolute atomic E-state index is 13.2. The molecular weight excluding hydrogens is 398 g/mol. The van der Waals surface area contributed by atoms with Gasteiger partial charge >= 0.3 is 17.9 Å². The highest BCUT2D eigenvalue weighted by molar-refractivity contribution is 6.31. The average Bonchev–Trinajstić information content (AvgIpc) is 3.00. The molecular formula is C21H26ClNO6. The Balaban J connectivity index is 2.66. The number of carbonyl (C=O) groups is 3. The Morgan fingerprint density at radius 3 is 2.14 bits per heavy atom. The van der Waals surface area contributed by atoms with Gasteiger partial charge < -0.3 is 19.2 Å².